The van der Waals surface area contributed by atoms with Crippen LogP contribution in [0.25, 0.3) is 0 Å². The summed E-state index contributed by atoms with van der Waals surface area (Å²) in [6.07, 6.45) is 3.33. The molecule has 21 heavy (non-hydrogen) atoms. The maximum atomic E-state index is 11.8. The number of aromatic nitrogens is 2. The van der Waals surface area contributed by atoms with Gasteiger partial charge in [-0.15, -0.1) is 0 Å². The molecular weight excluding hydrogens is 292 g/mol. The normalized spacial score (nSPS) is 21.0. The number of H-pyrrole nitrogens is 1. The lowest BCUT2D eigenvalue weighted by atomic mass is 10.0. The van der Waals surface area contributed by atoms with E-state index in [0.717, 1.165) is 17.2 Å². The first-order valence-corrected chi connectivity index (χ1v) is 6.98. The maximum absolute atomic E-state index is 11.8. The van der Waals surface area contributed by atoms with Crippen LogP contribution >= 0.6 is 11.6 Å². The van der Waals surface area contributed by atoms with Crippen molar-refractivity contribution in [1.29, 1.82) is 0 Å². The van der Waals surface area contributed by atoms with Crippen LogP contribution < -0.4 is 10.9 Å². The topological polar surface area (TPSA) is 67.0 Å². The maximum Gasteiger partial charge on any atom is 0.294 e. The number of methoxy groups -OCH3 is 1. The zero-order valence-corrected chi connectivity index (χ0v) is 13.6. The lowest BCUT2D eigenvalue weighted by Crippen LogP contribution is -2.51. The van der Waals surface area contributed by atoms with Gasteiger partial charge in [-0.3, -0.25) is 9.28 Å². The molecule has 0 fully saturated rings. The van der Waals surface area contributed by atoms with Crippen LogP contribution in [0.15, 0.2) is 34.2 Å². The van der Waals surface area contributed by atoms with Gasteiger partial charge in [0.25, 0.3) is 11.4 Å². The number of rotatable bonds is 3. The molecule has 0 aliphatic carbocycles. The summed E-state index contributed by atoms with van der Waals surface area (Å²) in [5.74, 6) is 1.08. The average molecular weight is 312 g/mol. The highest BCUT2D eigenvalue weighted by Crippen LogP contribution is 2.31. The molecule has 114 valence electrons. The van der Waals surface area contributed by atoms with Gasteiger partial charge in [0.05, 0.1) is 32.5 Å². The molecule has 0 radical (unpaired) electrons. The minimum absolute atomic E-state index is 0.0730. The van der Waals surface area contributed by atoms with Crippen molar-refractivity contribution in [2.24, 2.45) is 0 Å². The van der Waals surface area contributed by atoms with Crippen molar-refractivity contribution < 1.29 is 9.22 Å². The third kappa shape index (κ3) is 2.82. The predicted octanol–water partition coefficient (Wildman–Crippen LogP) is 2.08. The first-order valence-electron chi connectivity index (χ1n) is 6.60. The third-order valence-corrected chi connectivity index (χ3v) is 4.06. The number of aromatic amines is 1. The zero-order valence-electron chi connectivity index (χ0n) is 12.8. The number of hydrogen-bond acceptors (Lipinski definition) is 4. The zero-order chi connectivity index (χ0) is 15.8. The fraction of sp³-hybridized carbons (Fsp3) is 0.429. The van der Waals surface area contributed by atoms with Gasteiger partial charge in [-0.05, 0) is 19.9 Å². The SMILES string of the molecule is COC1=C(C)C=C(Nc2nc(Cl)c[nH]c2=O)C(C)[N+]1(C)C. The van der Waals surface area contributed by atoms with E-state index < -0.39 is 0 Å². The van der Waals surface area contributed by atoms with Crippen molar-refractivity contribution in [3.8, 4) is 0 Å². The molecule has 1 aliphatic rings. The van der Waals surface area contributed by atoms with Gasteiger partial charge in [0.1, 0.15) is 11.2 Å². The first kappa shape index (κ1) is 15.6. The highest BCUT2D eigenvalue weighted by molar-refractivity contribution is 6.29. The first-order chi connectivity index (χ1) is 9.77. The van der Waals surface area contributed by atoms with E-state index in [1.165, 1.54) is 6.20 Å². The second kappa shape index (κ2) is 5.54. The van der Waals surface area contributed by atoms with Gasteiger partial charge >= 0.3 is 0 Å². The Morgan fingerprint density at radius 1 is 1.48 bits per heavy atom. The largest absolute Gasteiger partial charge is 0.455 e. The standard InChI is InChI=1S/C14H19ClN4O2/c1-8-6-10(9(2)19(3,4)14(8)21-5)17-12-13(20)16-7-11(15)18-12/h6-7,9H,1-5H3,(H-,16,17,18,20)/p+1. The van der Waals surface area contributed by atoms with Crippen molar-refractivity contribution in [3.63, 3.8) is 0 Å². The summed E-state index contributed by atoms with van der Waals surface area (Å²) in [4.78, 5) is 18.4. The fourth-order valence-corrected chi connectivity index (χ4v) is 2.67. The summed E-state index contributed by atoms with van der Waals surface area (Å²) >= 11 is 5.83. The van der Waals surface area contributed by atoms with Crippen LogP contribution in [0.1, 0.15) is 13.8 Å². The van der Waals surface area contributed by atoms with Crippen LogP contribution in [0, 0.1) is 0 Å². The van der Waals surface area contributed by atoms with Gasteiger partial charge in [-0.1, -0.05) is 11.6 Å². The number of allylic oxidation sites excluding steroid dienone is 2. The number of quaternary nitrogens is 1. The number of hydrogen-bond donors (Lipinski definition) is 2. The molecule has 1 aromatic rings. The number of anilines is 1. The smallest absolute Gasteiger partial charge is 0.294 e. The summed E-state index contributed by atoms with van der Waals surface area (Å²) in [5, 5.41) is 3.32. The van der Waals surface area contributed by atoms with Gasteiger partial charge in [-0.2, -0.15) is 0 Å². The molecule has 2 heterocycles. The number of nitrogens with zero attached hydrogens (tertiary/aromatic N) is 2. The van der Waals surface area contributed by atoms with Crippen LogP contribution in [0.4, 0.5) is 5.82 Å². The minimum Gasteiger partial charge on any atom is -0.455 e. The van der Waals surface area contributed by atoms with Crippen molar-refractivity contribution in [2.45, 2.75) is 19.9 Å². The lowest BCUT2D eigenvalue weighted by molar-refractivity contribution is -0.886. The summed E-state index contributed by atoms with van der Waals surface area (Å²) in [6, 6.07) is 0.0730. The van der Waals surface area contributed by atoms with Crippen LogP contribution in [0.5, 0.6) is 0 Å². The van der Waals surface area contributed by atoms with Crippen molar-refractivity contribution in [3.05, 3.63) is 44.9 Å². The molecule has 0 amide bonds. The van der Waals surface area contributed by atoms with Crippen LogP contribution in [0.3, 0.4) is 0 Å². The van der Waals surface area contributed by atoms with Crippen LogP contribution in [-0.4, -0.2) is 41.7 Å². The molecule has 2 rings (SSSR count). The van der Waals surface area contributed by atoms with Crippen molar-refractivity contribution >= 4 is 17.4 Å². The predicted molar refractivity (Wildman–Crippen MR) is 82.9 cm³/mol. The number of halogens is 1. The van der Waals surface area contributed by atoms with Crippen molar-refractivity contribution in [1.82, 2.24) is 9.97 Å². The fourth-order valence-electron chi connectivity index (χ4n) is 2.54. The Balaban J connectivity index is 2.43. The molecular formula is C14H20ClN4O2+. The lowest BCUT2D eigenvalue weighted by Gasteiger charge is -2.40. The Morgan fingerprint density at radius 3 is 2.76 bits per heavy atom. The van der Waals surface area contributed by atoms with Gasteiger partial charge in [-0.25, -0.2) is 4.98 Å². The van der Waals surface area contributed by atoms with E-state index in [0.29, 0.717) is 4.48 Å². The summed E-state index contributed by atoms with van der Waals surface area (Å²) in [5.41, 5.74) is 1.58. The number of nitrogens with one attached hydrogen (secondary N) is 2. The molecule has 6 nitrogen and oxygen atoms in total. The van der Waals surface area contributed by atoms with E-state index in [9.17, 15) is 4.79 Å². The Hall–Kier alpha value is -1.79. The molecule has 0 saturated carbocycles. The molecule has 2 N–H and O–H groups in total. The second-order valence-electron chi connectivity index (χ2n) is 5.53. The summed E-state index contributed by atoms with van der Waals surface area (Å²) < 4.78 is 6.05. The molecule has 1 atom stereocenters. The van der Waals surface area contributed by atoms with Gasteiger partial charge in [0.2, 0.25) is 0 Å². The monoisotopic (exact) mass is 311 g/mol. The minimum atomic E-state index is -0.308. The molecule has 1 aromatic heterocycles. The van der Waals surface area contributed by atoms with Gasteiger partial charge in [0, 0.05) is 6.20 Å². The van der Waals surface area contributed by atoms with E-state index in [1.807, 2.05) is 13.0 Å². The highest BCUT2D eigenvalue weighted by atomic mass is 35.5. The average Bonchev–Trinajstić information content (AvgIpc) is 2.40. The van der Waals surface area contributed by atoms with E-state index in [4.69, 9.17) is 16.3 Å². The van der Waals surface area contributed by atoms with E-state index in [1.54, 1.807) is 7.11 Å². The molecule has 1 unspecified atom stereocenters. The highest BCUT2D eigenvalue weighted by Gasteiger charge is 2.38. The van der Waals surface area contributed by atoms with Crippen molar-refractivity contribution in [2.75, 3.05) is 26.5 Å². The third-order valence-electron chi connectivity index (χ3n) is 3.86. The Bertz CT molecular complexity index is 676. The van der Waals surface area contributed by atoms with Gasteiger partial charge in [0.15, 0.2) is 5.82 Å². The summed E-state index contributed by atoms with van der Waals surface area (Å²) in [6.45, 7) is 4.03. The van der Waals surface area contributed by atoms with Crippen LogP contribution in [0.2, 0.25) is 5.15 Å². The Morgan fingerprint density at radius 2 is 2.14 bits per heavy atom. The van der Waals surface area contributed by atoms with E-state index in [2.05, 4.69) is 36.3 Å². The van der Waals surface area contributed by atoms with E-state index in [-0.39, 0.29) is 22.6 Å². The molecule has 0 saturated heterocycles. The molecule has 0 aromatic carbocycles. The molecule has 7 heteroatoms. The Kier molecular flexibility index (Phi) is 4.11. The number of ether oxygens (including phenoxy) is 1. The molecule has 0 spiro atoms. The van der Waals surface area contributed by atoms with Gasteiger partial charge < -0.3 is 15.0 Å². The Labute approximate surface area is 128 Å². The van der Waals surface area contributed by atoms with E-state index >= 15 is 0 Å². The molecule has 1 aliphatic heterocycles. The number of likely N-dealkylation sites (N-methyl/N-ethyl adjacent to an activating group) is 1. The second-order valence-corrected chi connectivity index (χ2v) is 5.92. The quantitative estimate of drug-likeness (QED) is 0.839. The summed E-state index contributed by atoms with van der Waals surface area (Å²) in [7, 11) is 5.77. The molecule has 0 bridgehead atoms. The van der Waals surface area contributed by atoms with Crippen LogP contribution in [-0.2, 0) is 4.74 Å².